The molecule has 4 rings (SSSR count). The van der Waals surface area contributed by atoms with E-state index in [0.29, 0.717) is 24.7 Å². The van der Waals surface area contributed by atoms with Gasteiger partial charge in [-0.2, -0.15) is 0 Å². The van der Waals surface area contributed by atoms with Crippen molar-refractivity contribution in [3.05, 3.63) is 47.9 Å². The van der Waals surface area contributed by atoms with Crippen molar-refractivity contribution in [1.29, 1.82) is 0 Å². The summed E-state index contributed by atoms with van der Waals surface area (Å²) in [7, 11) is 1.65. The van der Waals surface area contributed by atoms with E-state index < -0.39 is 0 Å². The molecule has 1 amide bonds. The van der Waals surface area contributed by atoms with Crippen LogP contribution in [0.5, 0.6) is 5.75 Å². The van der Waals surface area contributed by atoms with Crippen molar-refractivity contribution in [3.63, 3.8) is 0 Å². The van der Waals surface area contributed by atoms with Crippen LogP contribution in [0.15, 0.2) is 36.7 Å². The van der Waals surface area contributed by atoms with Gasteiger partial charge in [0.05, 0.1) is 7.11 Å². The Kier molecular flexibility index (Phi) is 4.66. The molecule has 2 aromatic heterocycles. The van der Waals surface area contributed by atoms with Crippen LogP contribution < -0.4 is 10.1 Å². The first-order valence-corrected chi connectivity index (χ1v) is 9.15. The largest absolute Gasteiger partial charge is 0.497 e. The van der Waals surface area contributed by atoms with E-state index in [9.17, 15) is 4.79 Å². The number of nitrogens with one attached hydrogen (secondary N) is 2. The number of hydrogen-bond acceptors (Lipinski definition) is 5. The van der Waals surface area contributed by atoms with Gasteiger partial charge >= 0.3 is 0 Å². The van der Waals surface area contributed by atoms with Gasteiger partial charge in [0.15, 0.2) is 0 Å². The van der Waals surface area contributed by atoms with Gasteiger partial charge in [-0.1, -0.05) is 0 Å². The van der Waals surface area contributed by atoms with Crippen LogP contribution in [0.3, 0.4) is 0 Å². The first-order chi connectivity index (χ1) is 13.2. The van der Waals surface area contributed by atoms with E-state index in [1.165, 1.54) is 0 Å². The van der Waals surface area contributed by atoms with Gasteiger partial charge < -0.3 is 19.9 Å². The highest BCUT2D eigenvalue weighted by molar-refractivity contribution is 6.01. The molecule has 0 bridgehead atoms. The van der Waals surface area contributed by atoms with Gasteiger partial charge in [0.1, 0.15) is 11.4 Å². The van der Waals surface area contributed by atoms with E-state index in [0.717, 1.165) is 35.1 Å². The van der Waals surface area contributed by atoms with E-state index >= 15 is 0 Å². The Bertz CT molecular complexity index is 946. The molecular formula is C20H23N5O2. The van der Waals surface area contributed by atoms with Gasteiger partial charge in [-0.3, -0.25) is 4.79 Å². The lowest BCUT2D eigenvalue weighted by molar-refractivity contribution is 0.0712. The number of carbonyl (C=O) groups is 1. The average molecular weight is 365 g/mol. The third kappa shape index (κ3) is 3.45. The number of amides is 1. The van der Waals surface area contributed by atoms with Gasteiger partial charge in [0.25, 0.3) is 5.91 Å². The Labute approximate surface area is 157 Å². The molecule has 1 saturated heterocycles. The second-order valence-electron chi connectivity index (χ2n) is 6.82. The van der Waals surface area contributed by atoms with E-state index in [1.807, 2.05) is 30.0 Å². The molecule has 0 atom stereocenters. The lowest BCUT2D eigenvalue weighted by atomic mass is 10.0. The zero-order chi connectivity index (χ0) is 18.8. The summed E-state index contributed by atoms with van der Waals surface area (Å²) in [6.07, 6.45) is 5.19. The molecule has 1 aliphatic heterocycles. The fourth-order valence-corrected chi connectivity index (χ4v) is 3.59. The maximum absolute atomic E-state index is 13.0. The molecule has 3 aromatic rings. The highest BCUT2D eigenvalue weighted by Gasteiger charge is 2.26. The van der Waals surface area contributed by atoms with E-state index in [1.54, 1.807) is 25.6 Å². The number of aromatic nitrogens is 3. The molecule has 0 unspecified atom stereocenters. The number of aromatic amines is 1. The third-order valence-corrected chi connectivity index (χ3v) is 5.16. The number of likely N-dealkylation sites (tertiary alicyclic amines) is 1. The van der Waals surface area contributed by atoms with Gasteiger partial charge in [-0.05, 0) is 49.6 Å². The molecule has 7 nitrogen and oxygen atoms in total. The SMILES string of the molecule is COc1ccc2[nH]c(C(=O)N3CCC(Nc4ncccn4)CC3)c(C)c2c1. The predicted octanol–water partition coefficient (Wildman–Crippen LogP) is 2.99. The second kappa shape index (κ2) is 7.26. The lowest BCUT2D eigenvalue weighted by Gasteiger charge is -2.32. The average Bonchev–Trinajstić information content (AvgIpc) is 3.05. The molecule has 3 heterocycles. The summed E-state index contributed by atoms with van der Waals surface area (Å²) in [5.41, 5.74) is 2.58. The Balaban J connectivity index is 1.45. The molecule has 0 radical (unpaired) electrons. The number of anilines is 1. The minimum Gasteiger partial charge on any atom is -0.497 e. The number of ether oxygens (including phenoxy) is 1. The number of hydrogen-bond donors (Lipinski definition) is 2. The summed E-state index contributed by atoms with van der Waals surface area (Å²) in [6, 6.07) is 7.90. The minimum atomic E-state index is 0.0528. The quantitative estimate of drug-likeness (QED) is 0.743. The number of fused-ring (bicyclic) bond motifs is 1. The summed E-state index contributed by atoms with van der Waals surface area (Å²) in [6.45, 7) is 3.40. The van der Waals surface area contributed by atoms with Crippen LogP contribution in [-0.2, 0) is 0 Å². The van der Waals surface area contributed by atoms with Crippen LogP contribution in [-0.4, -0.2) is 52.0 Å². The number of benzene rings is 1. The molecule has 1 aromatic carbocycles. The van der Waals surface area contributed by atoms with Crippen LogP contribution in [0.1, 0.15) is 28.9 Å². The Hall–Kier alpha value is -3.09. The monoisotopic (exact) mass is 365 g/mol. The highest BCUT2D eigenvalue weighted by atomic mass is 16.5. The van der Waals surface area contributed by atoms with E-state index in [4.69, 9.17) is 4.74 Å². The smallest absolute Gasteiger partial charge is 0.270 e. The minimum absolute atomic E-state index is 0.0528. The van der Waals surface area contributed by atoms with Crippen molar-refractivity contribution in [2.75, 3.05) is 25.5 Å². The number of methoxy groups -OCH3 is 1. The summed E-state index contributed by atoms with van der Waals surface area (Å²) in [4.78, 5) is 26.6. The van der Waals surface area contributed by atoms with Crippen LogP contribution in [0.4, 0.5) is 5.95 Å². The van der Waals surface area contributed by atoms with Gasteiger partial charge in [-0.25, -0.2) is 9.97 Å². The molecule has 7 heteroatoms. The normalized spacial score (nSPS) is 15.1. The number of carbonyl (C=O) groups excluding carboxylic acids is 1. The molecule has 1 aliphatic rings. The van der Waals surface area contributed by atoms with E-state index in [2.05, 4.69) is 20.3 Å². The maximum atomic E-state index is 13.0. The summed E-state index contributed by atoms with van der Waals surface area (Å²) in [5, 5.41) is 4.37. The molecule has 1 fully saturated rings. The molecular weight excluding hydrogens is 342 g/mol. The third-order valence-electron chi connectivity index (χ3n) is 5.16. The Morgan fingerprint density at radius 3 is 2.70 bits per heavy atom. The van der Waals surface area contributed by atoms with Gasteiger partial charge in [0.2, 0.25) is 5.95 Å². The topological polar surface area (TPSA) is 83.1 Å². The summed E-state index contributed by atoms with van der Waals surface area (Å²) >= 11 is 0. The predicted molar refractivity (Wildman–Crippen MR) is 104 cm³/mol. The number of H-pyrrole nitrogens is 1. The molecule has 140 valence electrons. The molecule has 0 spiro atoms. The molecule has 2 N–H and O–H groups in total. The number of rotatable bonds is 4. The Morgan fingerprint density at radius 2 is 2.00 bits per heavy atom. The summed E-state index contributed by atoms with van der Waals surface area (Å²) in [5.74, 6) is 1.48. The van der Waals surface area contributed by atoms with Crippen LogP contribution in [0, 0.1) is 6.92 Å². The maximum Gasteiger partial charge on any atom is 0.270 e. The number of nitrogens with zero attached hydrogens (tertiary/aromatic N) is 3. The van der Waals surface area contributed by atoms with Crippen molar-refractivity contribution in [2.45, 2.75) is 25.8 Å². The lowest BCUT2D eigenvalue weighted by Crippen LogP contribution is -2.42. The fraction of sp³-hybridized carbons (Fsp3) is 0.350. The summed E-state index contributed by atoms with van der Waals surface area (Å²) < 4.78 is 5.30. The first-order valence-electron chi connectivity index (χ1n) is 9.15. The number of piperidine rings is 1. The molecule has 0 saturated carbocycles. The first kappa shape index (κ1) is 17.3. The zero-order valence-corrected chi connectivity index (χ0v) is 15.5. The van der Waals surface area contributed by atoms with Crippen molar-refractivity contribution >= 4 is 22.8 Å². The van der Waals surface area contributed by atoms with Gasteiger partial charge in [-0.15, -0.1) is 0 Å². The Morgan fingerprint density at radius 1 is 1.26 bits per heavy atom. The standard InChI is InChI=1S/C20H23N5O2/c1-13-16-12-15(27-2)4-5-17(16)24-18(13)19(26)25-10-6-14(7-11-25)23-20-21-8-3-9-22-20/h3-5,8-9,12,14,24H,6-7,10-11H2,1-2H3,(H,21,22,23). The van der Waals surface area contributed by atoms with Crippen LogP contribution in [0.2, 0.25) is 0 Å². The van der Waals surface area contributed by atoms with E-state index in [-0.39, 0.29) is 11.9 Å². The van der Waals surface area contributed by atoms with Crippen molar-refractivity contribution in [1.82, 2.24) is 19.9 Å². The van der Waals surface area contributed by atoms with Crippen molar-refractivity contribution in [3.8, 4) is 5.75 Å². The highest BCUT2D eigenvalue weighted by Crippen LogP contribution is 2.27. The van der Waals surface area contributed by atoms with Crippen LogP contribution in [0.25, 0.3) is 10.9 Å². The van der Waals surface area contributed by atoms with Gasteiger partial charge in [0, 0.05) is 42.4 Å². The van der Waals surface area contributed by atoms with Crippen LogP contribution >= 0.6 is 0 Å². The molecule has 27 heavy (non-hydrogen) atoms. The molecule has 0 aliphatic carbocycles. The second-order valence-corrected chi connectivity index (χ2v) is 6.82. The zero-order valence-electron chi connectivity index (χ0n) is 15.5. The van der Waals surface area contributed by atoms with Crippen molar-refractivity contribution in [2.24, 2.45) is 0 Å². The van der Waals surface area contributed by atoms with Crippen molar-refractivity contribution < 1.29 is 9.53 Å². The fourth-order valence-electron chi connectivity index (χ4n) is 3.59. The number of aryl methyl sites for hydroxylation is 1.